The van der Waals surface area contributed by atoms with Gasteiger partial charge in [0.15, 0.2) is 17.3 Å². The number of amidine groups is 1. The Morgan fingerprint density at radius 2 is 2.06 bits per heavy atom. The normalized spacial score (nSPS) is 15.8. The van der Waals surface area contributed by atoms with Gasteiger partial charge in [-0.05, 0) is 42.3 Å². The van der Waals surface area contributed by atoms with Crippen LogP contribution in [-0.2, 0) is 22.4 Å². The minimum absolute atomic E-state index is 0.130. The highest BCUT2D eigenvalue weighted by Gasteiger charge is 2.31. The number of oxime groups is 1. The number of anilines is 1. The van der Waals surface area contributed by atoms with Gasteiger partial charge in [0, 0.05) is 13.1 Å². The van der Waals surface area contributed by atoms with Crippen molar-refractivity contribution >= 4 is 38.8 Å². The molecule has 1 atom stereocenters. The van der Waals surface area contributed by atoms with Crippen molar-refractivity contribution in [1.82, 2.24) is 10.3 Å². The van der Waals surface area contributed by atoms with Gasteiger partial charge < -0.3 is 15.1 Å². The van der Waals surface area contributed by atoms with Gasteiger partial charge in [-0.25, -0.2) is 9.37 Å². The molecular formula is C22H20F4N4O2S. The lowest BCUT2D eigenvalue weighted by molar-refractivity contribution is -0.137. The predicted octanol–water partition coefficient (Wildman–Crippen LogP) is 5.07. The van der Waals surface area contributed by atoms with Crippen molar-refractivity contribution in [2.45, 2.75) is 38.7 Å². The van der Waals surface area contributed by atoms with E-state index in [0.717, 1.165) is 25.0 Å². The highest BCUT2D eigenvalue weighted by atomic mass is 32.1. The van der Waals surface area contributed by atoms with E-state index in [1.54, 1.807) is 12.1 Å². The van der Waals surface area contributed by atoms with E-state index in [-0.39, 0.29) is 11.4 Å². The van der Waals surface area contributed by atoms with Crippen LogP contribution in [0.3, 0.4) is 0 Å². The van der Waals surface area contributed by atoms with Crippen LogP contribution < -0.4 is 10.2 Å². The number of alkyl halides is 3. The molecule has 1 aromatic heterocycles. The van der Waals surface area contributed by atoms with Gasteiger partial charge in [0.1, 0.15) is 5.82 Å². The molecule has 4 rings (SSSR count). The number of aromatic nitrogens is 1. The summed E-state index contributed by atoms with van der Waals surface area (Å²) in [6, 6.07) is 8.13. The zero-order valence-electron chi connectivity index (χ0n) is 17.5. The van der Waals surface area contributed by atoms with Crippen LogP contribution in [0.25, 0.3) is 10.2 Å². The number of carbonyl (C=O) groups excluding carboxylic acids is 1. The lowest BCUT2D eigenvalue weighted by Crippen LogP contribution is -2.31. The Hall–Kier alpha value is -3.21. The molecule has 6 nitrogen and oxygen atoms in total. The molecule has 0 aliphatic carbocycles. The number of nitrogens with zero attached hydrogens (tertiary/aromatic N) is 3. The van der Waals surface area contributed by atoms with Gasteiger partial charge in [-0.1, -0.05) is 35.9 Å². The van der Waals surface area contributed by atoms with E-state index in [9.17, 15) is 22.4 Å². The van der Waals surface area contributed by atoms with E-state index in [1.165, 1.54) is 23.5 Å². The fraction of sp³-hybridized carbons (Fsp3) is 0.318. The van der Waals surface area contributed by atoms with Crippen molar-refractivity contribution in [2.24, 2.45) is 5.16 Å². The molecule has 2 heterocycles. The van der Waals surface area contributed by atoms with E-state index in [4.69, 9.17) is 4.84 Å². The maximum absolute atomic E-state index is 14.8. The van der Waals surface area contributed by atoms with E-state index in [1.807, 2.05) is 11.8 Å². The van der Waals surface area contributed by atoms with E-state index >= 15 is 0 Å². The summed E-state index contributed by atoms with van der Waals surface area (Å²) in [6.45, 7) is 2.98. The molecule has 174 valence electrons. The second-order valence-electron chi connectivity index (χ2n) is 7.51. The summed E-state index contributed by atoms with van der Waals surface area (Å²) in [5.41, 5.74) is 0.602. The minimum atomic E-state index is -4.42. The number of hydrogen-bond acceptors (Lipinski definition) is 7. The third kappa shape index (κ3) is 5.08. The Morgan fingerprint density at radius 3 is 2.73 bits per heavy atom. The molecule has 0 spiro atoms. The van der Waals surface area contributed by atoms with Crippen molar-refractivity contribution < 1.29 is 27.2 Å². The summed E-state index contributed by atoms with van der Waals surface area (Å²) in [6.07, 6.45) is -3.09. The quantitative estimate of drug-likeness (QED) is 0.360. The highest BCUT2D eigenvalue weighted by Crippen LogP contribution is 2.36. The van der Waals surface area contributed by atoms with Gasteiger partial charge in [0.25, 0.3) is 6.23 Å². The van der Waals surface area contributed by atoms with Gasteiger partial charge in [0.2, 0.25) is 0 Å². The van der Waals surface area contributed by atoms with Gasteiger partial charge in [0.05, 0.1) is 21.3 Å². The van der Waals surface area contributed by atoms with Crippen LogP contribution in [0, 0.1) is 5.82 Å². The topological polar surface area (TPSA) is 66.8 Å². The zero-order chi connectivity index (χ0) is 23.6. The fourth-order valence-corrected chi connectivity index (χ4v) is 4.40. The van der Waals surface area contributed by atoms with E-state index in [0.29, 0.717) is 40.3 Å². The summed E-state index contributed by atoms with van der Waals surface area (Å²) >= 11 is 1.18. The van der Waals surface area contributed by atoms with Gasteiger partial charge in [-0.2, -0.15) is 13.2 Å². The van der Waals surface area contributed by atoms with Crippen molar-refractivity contribution in [1.29, 1.82) is 0 Å². The fourth-order valence-electron chi connectivity index (χ4n) is 3.37. The number of carbonyl (C=O) groups is 1. The lowest BCUT2D eigenvalue weighted by atomic mass is 10.1. The molecule has 2 aromatic carbocycles. The summed E-state index contributed by atoms with van der Waals surface area (Å²) in [5.74, 6) is -0.408. The summed E-state index contributed by atoms with van der Waals surface area (Å²) in [4.78, 5) is 22.1. The molecule has 1 aliphatic rings. The number of unbranched alkanes of at least 4 members (excludes halogenated alkanes) is 1. The number of rotatable bonds is 8. The number of hydrogen-bond donors (Lipinski definition) is 1. The second-order valence-corrected chi connectivity index (χ2v) is 8.52. The first-order valence-electron chi connectivity index (χ1n) is 10.3. The standard InChI is InChI=1S/C22H20F4N4O2S/c1-2-3-8-30(21-27-17-7-5-14(22(24,25)26)10-18(17)33-21)11-13-4-6-15(16(23)9-13)20-28-19(12-31)32-29-20/h4-7,9-10,12,19H,2-3,8,11H2,1H3,(H,28,29). The van der Waals surface area contributed by atoms with Crippen LogP contribution in [0.2, 0.25) is 0 Å². The van der Waals surface area contributed by atoms with Gasteiger partial charge in [-0.3, -0.25) is 4.79 Å². The monoisotopic (exact) mass is 480 g/mol. The van der Waals surface area contributed by atoms with Gasteiger partial charge in [-0.15, -0.1) is 0 Å². The average molecular weight is 480 g/mol. The second kappa shape index (κ2) is 9.34. The van der Waals surface area contributed by atoms with Crippen LogP contribution in [0.1, 0.15) is 36.5 Å². The van der Waals surface area contributed by atoms with Crippen LogP contribution in [0.15, 0.2) is 41.6 Å². The summed E-state index contributed by atoms with van der Waals surface area (Å²) in [5, 5.41) is 6.92. The molecule has 0 bridgehead atoms. The Bertz CT molecular complexity index is 1190. The first kappa shape index (κ1) is 23.0. The number of fused-ring (bicyclic) bond motifs is 1. The molecule has 0 saturated carbocycles. The molecular weight excluding hydrogens is 460 g/mol. The molecule has 0 amide bonds. The molecule has 1 N–H and O–H groups in total. The van der Waals surface area contributed by atoms with Gasteiger partial charge >= 0.3 is 6.18 Å². The van der Waals surface area contributed by atoms with E-state index < -0.39 is 23.8 Å². The smallest absolute Gasteiger partial charge is 0.361 e. The number of benzene rings is 2. The molecule has 11 heteroatoms. The Labute approximate surface area is 190 Å². The molecule has 0 radical (unpaired) electrons. The largest absolute Gasteiger partial charge is 0.416 e. The van der Waals surface area contributed by atoms with Crippen molar-refractivity contribution in [2.75, 3.05) is 11.4 Å². The predicted molar refractivity (Wildman–Crippen MR) is 118 cm³/mol. The van der Waals surface area contributed by atoms with Crippen LogP contribution >= 0.6 is 11.3 Å². The zero-order valence-corrected chi connectivity index (χ0v) is 18.3. The van der Waals surface area contributed by atoms with Crippen molar-refractivity contribution in [3.05, 3.63) is 58.9 Å². The number of aldehydes is 1. The minimum Gasteiger partial charge on any atom is -0.361 e. The van der Waals surface area contributed by atoms with Crippen LogP contribution in [-0.4, -0.2) is 29.9 Å². The third-order valence-corrected chi connectivity index (χ3v) is 6.16. The molecule has 3 aromatic rings. The molecule has 1 aliphatic heterocycles. The van der Waals surface area contributed by atoms with Crippen molar-refractivity contribution in [3.8, 4) is 0 Å². The Kier molecular flexibility index (Phi) is 6.50. The Morgan fingerprint density at radius 1 is 1.24 bits per heavy atom. The number of thiazole rings is 1. The first-order chi connectivity index (χ1) is 15.8. The van der Waals surface area contributed by atoms with Crippen LogP contribution in [0.5, 0.6) is 0 Å². The Balaban J connectivity index is 1.58. The maximum atomic E-state index is 14.8. The first-order valence-corrected chi connectivity index (χ1v) is 11.1. The molecule has 1 unspecified atom stereocenters. The number of halogens is 4. The molecule has 33 heavy (non-hydrogen) atoms. The van der Waals surface area contributed by atoms with Crippen LogP contribution in [0.4, 0.5) is 22.7 Å². The average Bonchev–Trinajstić information content (AvgIpc) is 3.42. The number of nitrogens with one attached hydrogen (secondary N) is 1. The summed E-state index contributed by atoms with van der Waals surface area (Å²) in [7, 11) is 0. The lowest BCUT2D eigenvalue weighted by Gasteiger charge is -2.22. The maximum Gasteiger partial charge on any atom is 0.416 e. The summed E-state index contributed by atoms with van der Waals surface area (Å²) < 4.78 is 54.4. The van der Waals surface area contributed by atoms with Crippen molar-refractivity contribution in [3.63, 3.8) is 0 Å². The highest BCUT2D eigenvalue weighted by molar-refractivity contribution is 7.22. The molecule has 0 saturated heterocycles. The molecule has 0 fully saturated rings. The SMILES string of the molecule is CCCCN(Cc1ccc(C2=NOC(C=O)N2)c(F)c1)c1nc2ccc(C(F)(F)F)cc2s1. The van der Waals surface area contributed by atoms with E-state index in [2.05, 4.69) is 15.5 Å². The third-order valence-electron chi connectivity index (χ3n) is 5.08.